The van der Waals surface area contributed by atoms with Crippen molar-refractivity contribution in [2.45, 2.75) is 6.92 Å². The van der Waals surface area contributed by atoms with Crippen LogP contribution in [0, 0.1) is 10.1 Å². The standard InChI is InChI=1S/C27H21ClN4O8/c1-2-39-23-14-16(3-12-22(23)40-15-24(33)29-18-6-4-17(28)5-7-18)13-21-25(34)30-27(36)31(26(21)35)19-8-10-20(11-9-19)32(37)38/h3-14H,2,15H2,1H3,(H,29,33)(H,30,34,36)/b21-13+. The number of anilines is 2. The summed E-state index contributed by atoms with van der Waals surface area (Å²) in [5, 5.41) is 16.2. The number of barbiturate groups is 1. The van der Waals surface area contributed by atoms with Gasteiger partial charge in [0.1, 0.15) is 5.57 Å². The van der Waals surface area contributed by atoms with Crippen LogP contribution in [0.25, 0.3) is 6.08 Å². The van der Waals surface area contributed by atoms with Gasteiger partial charge in [0.25, 0.3) is 23.4 Å². The molecule has 0 unspecified atom stereocenters. The molecule has 4 rings (SSSR count). The minimum atomic E-state index is -0.989. The molecule has 1 fully saturated rings. The number of nitrogens with zero attached hydrogens (tertiary/aromatic N) is 2. The third kappa shape index (κ3) is 6.42. The molecule has 0 radical (unpaired) electrons. The van der Waals surface area contributed by atoms with E-state index < -0.39 is 28.7 Å². The molecule has 0 aliphatic carbocycles. The highest BCUT2D eigenvalue weighted by molar-refractivity contribution is 6.39. The minimum absolute atomic E-state index is 0.0436. The van der Waals surface area contributed by atoms with Gasteiger partial charge in [0.05, 0.1) is 17.2 Å². The first kappa shape index (κ1) is 27.8. The zero-order chi connectivity index (χ0) is 28.8. The van der Waals surface area contributed by atoms with Crippen LogP contribution in [0.4, 0.5) is 21.9 Å². The molecule has 1 aliphatic rings. The molecule has 204 valence electrons. The largest absolute Gasteiger partial charge is 0.490 e. The Morgan fingerprint density at radius 1 is 1.02 bits per heavy atom. The summed E-state index contributed by atoms with van der Waals surface area (Å²) in [6.45, 7) is 1.68. The Balaban J connectivity index is 1.53. The van der Waals surface area contributed by atoms with Crippen molar-refractivity contribution in [2.24, 2.45) is 0 Å². The average molecular weight is 565 g/mol. The molecule has 12 nitrogen and oxygen atoms in total. The molecule has 1 saturated heterocycles. The summed E-state index contributed by atoms with van der Waals surface area (Å²) >= 11 is 5.85. The number of carbonyl (C=O) groups excluding carboxylic acids is 4. The number of urea groups is 1. The molecular weight excluding hydrogens is 544 g/mol. The van der Waals surface area contributed by atoms with Crippen molar-refractivity contribution in [3.63, 3.8) is 0 Å². The number of ether oxygens (including phenoxy) is 2. The maximum Gasteiger partial charge on any atom is 0.335 e. The van der Waals surface area contributed by atoms with Crippen LogP contribution in [0.1, 0.15) is 12.5 Å². The van der Waals surface area contributed by atoms with Crippen molar-refractivity contribution in [3.8, 4) is 11.5 Å². The number of amides is 5. The number of hydrogen-bond acceptors (Lipinski definition) is 8. The second-order valence-corrected chi connectivity index (χ2v) is 8.65. The highest BCUT2D eigenvalue weighted by Gasteiger charge is 2.37. The zero-order valence-electron chi connectivity index (χ0n) is 20.9. The van der Waals surface area contributed by atoms with Crippen LogP contribution in [0.15, 0.2) is 72.3 Å². The van der Waals surface area contributed by atoms with E-state index in [0.717, 1.165) is 12.1 Å². The summed E-state index contributed by atoms with van der Waals surface area (Å²) in [5.41, 5.74) is 0.381. The van der Waals surface area contributed by atoms with E-state index in [9.17, 15) is 29.3 Å². The van der Waals surface area contributed by atoms with E-state index in [1.54, 1.807) is 31.2 Å². The monoisotopic (exact) mass is 564 g/mol. The number of hydrogen-bond donors (Lipinski definition) is 2. The second kappa shape index (κ2) is 12.1. The Hall–Kier alpha value is -5.23. The molecule has 3 aromatic rings. The van der Waals surface area contributed by atoms with Gasteiger partial charge in [0, 0.05) is 22.8 Å². The number of carbonyl (C=O) groups is 4. The summed E-state index contributed by atoms with van der Waals surface area (Å²) in [6, 6.07) is 14.9. The lowest BCUT2D eigenvalue weighted by Gasteiger charge is -2.26. The summed E-state index contributed by atoms with van der Waals surface area (Å²) in [4.78, 5) is 61.4. The normalized spacial score (nSPS) is 14.1. The van der Waals surface area contributed by atoms with E-state index in [1.165, 1.54) is 36.4 Å². The molecule has 13 heteroatoms. The molecule has 0 spiro atoms. The molecule has 2 N–H and O–H groups in total. The fraction of sp³-hybridized carbons (Fsp3) is 0.111. The SMILES string of the molecule is CCOc1cc(/C=C2\C(=O)NC(=O)N(c3ccc([N+](=O)[O-])cc3)C2=O)ccc1OCC(=O)Nc1ccc(Cl)cc1. The highest BCUT2D eigenvalue weighted by atomic mass is 35.5. The van der Waals surface area contributed by atoms with Gasteiger partial charge in [-0.05, 0) is 67.1 Å². The number of nitro benzene ring substituents is 1. The van der Waals surface area contributed by atoms with Gasteiger partial charge in [-0.2, -0.15) is 0 Å². The lowest BCUT2D eigenvalue weighted by Crippen LogP contribution is -2.54. The first-order valence-corrected chi connectivity index (χ1v) is 12.1. The first-order chi connectivity index (χ1) is 19.2. The fourth-order valence-electron chi connectivity index (χ4n) is 3.66. The molecule has 1 heterocycles. The number of nitro groups is 1. The second-order valence-electron chi connectivity index (χ2n) is 8.21. The van der Waals surface area contributed by atoms with Gasteiger partial charge in [-0.1, -0.05) is 17.7 Å². The van der Waals surface area contributed by atoms with Gasteiger partial charge in [-0.15, -0.1) is 0 Å². The number of imide groups is 2. The quantitative estimate of drug-likeness (QED) is 0.168. The van der Waals surface area contributed by atoms with E-state index >= 15 is 0 Å². The molecule has 1 aliphatic heterocycles. The van der Waals surface area contributed by atoms with Crippen LogP contribution in [0.3, 0.4) is 0 Å². The summed E-state index contributed by atoms with van der Waals surface area (Å²) in [6.07, 6.45) is 1.27. The van der Waals surface area contributed by atoms with Crippen molar-refractivity contribution in [1.29, 1.82) is 0 Å². The van der Waals surface area contributed by atoms with E-state index in [1.807, 2.05) is 0 Å². The Kier molecular flexibility index (Phi) is 8.40. The predicted octanol–water partition coefficient (Wildman–Crippen LogP) is 4.33. The molecular formula is C27H21ClN4O8. The average Bonchev–Trinajstić information content (AvgIpc) is 2.92. The van der Waals surface area contributed by atoms with Gasteiger partial charge in [0.15, 0.2) is 18.1 Å². The van der Waals surface area contributed by atoms with E-state index in [-0.39, 0.29) is 41.7 Å². The number of benzene rings is 3. The van der Waals surface area contributed by atoms with Crippen LogP contribution in [0.2, 0.25) is 5.02 Å². The van der Waals surface area contributed by atoms with Gasteiger partial charge < -0.3 is 14.8 Å². The predicted molar refractivity (Wildman–Crippen MR) is 145 cm³/mol. The molecule has 40 heavy (non-hydrogen) atoms. The molecule has 0 aromatic heterocycles. The van der Waals surface area contributed by atoms with Crippen LogP contribution in [-0.4, -0.2) is 41.9 Å². The third-order valence-electron chi connectivity index (χ3n) is 5.49. The molecule has 5 amide bonds. The number of rotatable bonds is 9. The van der Waals surface area contributed by atoms with Crippen LogP contribution >= 0.6 is 11.6 Å². The topological polar surface area (TPSA) is 157 Å². The summed E-state index contributed by atoms with van der Waals surface area (Å²) in [7, 11) is 0. The number of halogens is 1. The number of nitrogens with one attached hydrogen (secondary N) is 2. The Morgan fingerprint density at radius 3 is 2.38 bits per heavy atom. The lowest BCUT2D eigenvalue weighted by atomic mass is 10.1. The third-order valence-corrected chi connectivity index (χ3v) is 5.74. The Bertz CT molecular complexity index is 1520. The zero-order valence-corrected chi connectivity index (χ0v) is 21.6. The molecule has 0 saturated carbocycles. The van der Waals surface area contributed by atoms with E-state index in [4.69, 9.17) is 21.1 Å². The minimum Gasteiger partial charge on any atom is -0.490 e. The van der Waals surface area contributed by atoms with Gasteiger partial charge >= 0.3 is 6.03 Å². The van der Waals surface area contributed by atoms with Gasteiger partial charge in [-0.3, -0.25) is 29.8 Å². The molecule has 3 aromatic carbocycles. The van der Waals surface area contributed by atoms with Crippen molar-refractivity contribution in [2.75, 3.05) is 23.4 Å². The van der Waals surface area contributed by atoms with Crippen LogP contribution < -0.4 is 25.0 Å². The van der Waals surface area contributed by atoms with Gasteiger partial charge in [-0.25, -0.2) is 9.69 Å². The van der Waals surface area contributed by atoms with Crippen molar-refractivity contribution in [3.05, 3.63) is 93.0 Å². The fourth-order valence-corrected chi connectivity index (χ4v) is 3.78. The smallest absolute Gasteiger partial charge is 0.335 e. The van der Waals surface area contributed by atoms with Crippen molar-refractivity contribution in [1.82, 2.24) is 5.32 Å². The summed E-state index contributed by atoms with van der Waals surface area (Å²) < 4.78 is 11.2. The van der Waals surface area contributed by atoms with Gasteiger partial charge in [0.2, 0.25) is 0 Å². The Morgan fingerprint density at radius 2 is 1.73 bits per heavy atom. The highest BCUT2D eigenvalue weighted by Crippen LogP contribution is 2.30. The Labute approximate surface area is 232 Å². The summed E-state index contributed by atoms with van der Waals surface area (Å²) in [5.74, 6) is -1.75. The maximum atomic E-state index is 13.1. The number of non-ortho nitro benzene ring substituents is 1. The molecule has 0 bridgehead atoms. The van der Waals surface area contributed by atoms with Crippen molar-refractivity contribution >= 4 is 58.5 Å². The lowest BCUT2D eigenvalue weighted by molar-refractivity contribution is -0.384. The van der Waals surface area contributed by atoms with Crippen LogP contribution in [-0.2, 0) is 14.4 Å². The van der Waals surface area contributed by atoms with E-state index in [0.29, 0.717) is 21.2 Å². The van der Waals surface area contributed by atoms with Crippen LogP contribution in [0.5, 0.6) is 11.5 Å². The molecule has 0 atom stereocenters. The maximum absolute atomic E-state index is 13.1. The van der Waals surface area contributed by atoms with Crippen molar-refractivity contribution < 1.29 is 33.6 Å². The van der Waals surface area contributed by atoms with E-state index in [2.05, 4.69) is 10.6 Å². The first-order valence-electron chi connectivity index (χ1n) is 11.8.